The second kappa shape index (κ2) is 11.2. The molecule has 31 heavy (non-hydrogen) atoms. The fraction of sp³-hybridized carbons (Fsp3) is 0.708. The smallest absolute Gasteiger partial charge is 0.194 e. The molecule has 0 atom stereocenters. The summed E-state index contributed by atoms with van der Waals surface area (Å²) in [5.41, 5.74) is 2.03. The predicted octanol–water partition coefficient (Wildman–Crippen LogP) is 4.53. The average molecular weight is 544 g/mol. The van der Waals surface area contributed by atoms with E-state index < -0.39 is 0 Å². The number of aliphatic imine (C=N–C) groups is 1. The lowest BCUT2D eigenvalue weighted by Crippen LogP contribution is -2.41. The Morgan fingerprint density at radius 1 is 1.16 bits per heavy atom. The summed E-state index contributed by atoms with van der Waals surface area (Å²) < 4.78 is 14.8. The Kier molecular flexibility index (Phi) is 8.84. The average Bonchev–Trinajstić information content (AvgIpc) is 3.15. The molecule has 3 fully saturated rings. The van der Waals surface area contributed by atoms with Crippen LogP contribution in [-0.2, 0) is 6.54 Å². The van der Waals surface area contributed by atoms with Gasteiger partial charge in [-0.15, -0.1) is 24.0 Å². The molecule has 2 saturated heterocycles. The number of hydrogen-bond donors (Lipinski definition) is 2. The van der Waals surface area contributed by atoms with Crippen molar-refractivity contribution in [2.75, 3.05) is 37.6 Å². The van der Waals surface area contributed by atoms with Crippen LogP contribution in [0.2, 0.25) is 0 Å². The maximum absolute atomic E-state index is 14.8. The number of guanidine groups is 1. The molecule has 4 rings (SSSR count). The van der Waals surface area contributed by atoms with Crippen LogP contribution in [-0.4, -0.2) is 54.8 Å². The molecule has 7 heteroatoms. The van der Waals surface area contributed by atoms with Crippen molar-refractivity contribution in [2.45, 2.75) is 70.9 Å². The van der Waals surface area contributed by atoms with E-state index in [2.05, 4.69) is 17.1 Å². The van der Waals surface area contributed by atoms with Crippen molar-refractivity contribution in [1.82, 2.24) is 10.2 Å². The fourth-order valence-electron chi connectivity index (χ4n) is 5.43. The van der Waals surface area contributed by atoms with Crippen LogP contribution in [0, 0.1) is 11.2 Å². The number of piperidine rings is 1. The second-order valence-corrected chi connectivity index (χ2v) is 9.41. The normalized spacial score (nSPS) is 22.0. The number of likely N-dealkylation sites (tertiary alicyclic amines) is 1. The van der Waals surface area contributed by atoms with Gasteiger partial charge in [0.25, 0.3) is 0 Å². The molecule has 2 aliphatic heterocycles. The Balaban J connectivity index is 0.00000272. The van der Waals surface area contributed by atoms with Crippen molar-refractivity contribution >= 4 is 35.6 Å². The quantitative estimate of drug-likeness (QED) is 0.333. The van der Waals surface area contributed by atoms with E-state index in [0.717, 1.165) is 31.2 Å². The van der Waals surface area contributed by atoms with Crippen LogP contribution >= 0.6 is 24.0 Å². The van der Waals surface area contributed by atoms with Crippen molar-refractivity contribution in [3.8, 4) is 0 Å². The molecule has 3 aliphatic rings. The van der Waals surface area contributed by atoms with Gasteiger partial charge in [-0.2, -0.15) is 0 Å². The van der Waals surface area contributed by atoms with Crippen LogP contribution in [0.4, 0.5) is 10.1 Å². The van der Waals surface area contributed by atoms with Gasteiger partial charge in [0.1, 0.15) is 5.82 Å². The number of aliphatic hydroxyl groups excluding tert-OH is 1. The Hall–Kier alpha value is -1.09. The number of benzene rings is 1. The molecule has 2 N–H and O–H groups in total. The summed E-state index contributed by atoms with van der Waals surface area (Å²) in [7, 11) is 0. The highest BCUT2D eigenvalue weighted by atomic mass is 127. The van der Waals surface area contributed by atoms with Crippen LogP contribution in [0.25, 0.3) is 0 Å². The van der Waals surface area contributed by atoms with Crippen molar-refractivity contribution in [1.29, 1.82) is 0 Å². The van der Waals surface area contributed by atoms with Gasteiger partial charge < -0.3 is 20.2 Å². The van der Waals surface area contributed by atoms with Crippen LogP contribution in [0.5, 0.6) is 0 Å². The maximum Gasteiger partial charge on any atom is 0.194 e. The summed E-state index contributed by atoms with van der Waals surface area (Å²) in [4.78, 5) is 9.31. The molecular formula is C24H38FIN4O. The van der Waals surface area contributed by atoms with Gasteiger partial charge in [-0.3, -0.25) is 0 Å². The van der Waals surface area contributed by atoms with Gasteiger partial charge >= 0.3 is 0 Å². The number of halogens is 2. The molecule has 174 valence electrons. The molecular weight excluding hydrogens is 506 g/mol. The molecule has 0 amide bonds. The SMILES string of the molecule is CCNC(=NCc1ccc(N2CCC(O)CC2)c(F)c1)N1CCC2(CCCCC2)C1.I. The van der Waals surface area contributed by atoms with E-state index in [1.807, 2.05) is 17.0 Å². The van der Waals surface area contributed by atoms with Gasteiger partial charge in [0.05, 0.1) is 18.3 Å². The van der Waals surface area contributed by atoms with Crippen molar-refractivity contribution in [3.05, 3.63) is 29.6 Å². The Labute approximate surface area is 203 Å². The molecule has 1 spiro atoms. The summed E-state index contributed by atoms with van der Waals surface area (Å²) in [5, 5.41) is 13.1. The highest BCUT2D eigenvalue weighted by Gasteiger charge is 2.39. The topological polar surface area (TPSA) is 51.1 Å². The van der Waals surface area contributed by atoms with Crippen LogP contribution in [0.3, 0.4) is 0 Å². The summed E-state index contributed by atoms with van der Waals surface area (Å²) in [6.07, 6.45) is 9.24. The summed E-state index contributed by atoms with van der Waals surface area (Å²) in [6, 6.07) is 5.49. The minimum Gasteiger partial charge on any atom is -0.393 e. The van der Waals surface area contributed by atoms with E-state index in [4.69, 9.17) is 4.99 Å². The molecule has 0 aromatic heterocycles. The van der Waals surface area contributed by atoms with Gasteiger partial charge in [-0.25, -0.2) is 9.38 Å². The van der Waals surface area contributed by atoms with E-state index in [1.165, 1.54) is 38.5 Å². The first-order valence-corrected chi connectivity index (χ1v) is 11.8. The van der Waals surface area contributed by atoms with Crippen molar-refractivity contribution in [2.24, 2.45) is 10.4 Å². The Morgan fingerprint density at radius 2 is 1.90 bits per heavy atom. The molecule has 5 nitrogen and oxygen atoms in total. The lowest BCUT2D eigenvalue weighted by molar-refractivity contribution is 0.145. The van der Waals surface area contributed by atoms with E-state index in [9.17, 15) is 9.50 Å². The minimum atomic E-state index is -0.249. The Bertz CT molecular complexity index is 745. The van der Waals surface area contributed by atoms with Gasteiger partial charge in [0, 0.05) is 32.7 Å². The minimum absolute atomic E-state index is 0. The highest BCUT2D eigenvalue weighted by molar-refractivity contribution is 14.0. The summed E-state index contributed by atoms with van der Waals surface area (Å²) in [5.74, 6) is 0.779. The summed E-state index contributed by atoms with van der Waals surface area (Å²) >= 11 is 0. The van der Waals surface area contributed by atoms with Crippen molar-refractivity contribution in [3.63, 3.8) is 0 Å². The standard InChI is InChI=1S/C24H37FN4O.HI/c1-2-26-23(29-15-12-24(18-29)10-4-3-5-11-24)27-17-19-6-7-22(21(25)16-19)28-13-8-20(30)9-14-28;/h6-7,16,20,30H,2-5,8-15,17-18H2,1H3,(H,26,27);1H. The maximum atomic E-state index is 14.8. The van der Waals surface area contributed by atoms with E-state index >= 15 is 0 Å². The van der Waals surface area contributed by atoms with Crippen LogP contribution < -0.4 is 10.2 Å². The predicted molar refractivity (Wildman–Crippen MR) is 136 cm³/mol. The van der Waals surface area contributed by atoms with E-state index in [-0.39, 0.29) is 35.9 Å². The number of anilines is 1. The van der Waals surface area contributed by atoms with E-state index in [1.54, 1.807) is 6.07 Å². The Morgan fingerprint density at radius 3 is 2.58 bits per heavy atom. The molecule has 1 aromatic rings. The third-order valence-corrected chi connectivity index (χ3v) is 7.22. The fourth-order valence-corrected chi connectivity index (χ4v) is 5.43. The van der Waals surface area contributed by atoms with E-state index in [0.29, 0.717) is 43.6 Å². The lowest BCUT2D eigenvalue weighted by Gasteiger charge is -2.33. The first-order valence-electron chi connectivity index (χ1n) is 11.8. The monoisotopic (exact) mass is 544 g/mol. The molecule has 1 aromatic carbocycles. The van der Waals surface area contributed by atoms with Crippen molar-refractivity contribution < 1.29 is 9.50 Å². The molecule has 0 bridgehead atoms. The number of nitrogens with one attached hydrogen (secondary N) is 1. The van der Waals surface area contributed by atoms with Gasteiger partial charge in [-0.05, 0) is 62.1 Å². The van der Waals surface area contributed by atoms with Crippen LogP contribution in [0.15, 0.2) is 23.2 Å². The molecule has 2 heterocycles. The first-order chi connectivity index (χ1) is 14.6. The third-order valence-electron chi connectivity index (χ3n) is 7.22. The number of rotatable bonds is 4. The molecule has 1 saturated carbocycles. The number of hydrogen-bond acceptors (Lipinski definition) is 3. The zero-order valence-corrected chi connectivity index (χ0v) is 21.1. The lowest BCUT2D eigenvalue weighted by atomic mass is 9.73. The van der Waals surface area contributed by atoms with Crippen LogP contribution in [0.1, 0.15) is 63.9 Å². The number of aliphatic hydroxyl groups is 1. The van der Waals surface area contributed by atoms with Gasteiger partial charge in [0.2, 0.25) is 0 Å². The number of nitrogens with zero attached hydrogens (tertiary/aromatic N) is 3. The zero-order valence-electron chi connectivity index (χ0n) is 18.8. The summed E-state index contributed by atoms with van der Waals surface area (Å²) in [6.45, 7) is 7.02. The molecule has 0 radical (unpaired) electrons. The largest absolute Gasteiger partial charge is 0.393 e. The first kappa shape index (κ1) is 24.6. The van der Waals surface area contributed by atoms with Gasteiger partial charge in [0.15, 0.2) is 5.96 Å². The van der Waals surface area contributed by atoms with Gasteiger partial charge in [-0.1, -0.05) is 25.3 Å². The highest BCUT2D eigenvalue weighted by Crippen LogP contribution is 2.43. The molecule has 0 unspecified atom stereocenters. The third kappa shape index (κ3) is 6.03. The molecule has 1 aliphatic carbocycles. The second-order valence-electron chi connectivity index (χ2n) is 9.41. The zero-order chi connectivity index (χ0) is 21.0.